The topological polar surface area (TPSA) is 75.3 Å². The van der Waals surface area contributed by atoms with Crippen LogP contribution in [0, 0.1) is 0 Å². The van der Waals surface area contributed by atoms with Crippen LogP contribution in [0.4, 0.5) is 0 Å². The summed E-state index contributed by atoms with van der Waals surface area (Å²) in [6.07, 6.45) is 3.29. The summed E-state index contributed by atoms with van der Waals surface area (Å²) < 4.78 is 5.74. The minimum Gasteiger partial charge on any atom is -0.375 e. The number of nitrogens with one attached hydrogen (secondary N) is 1. The van der Waals surface area contributed by atoms with Crippen molar-refractivity contribution >= 4 is 17.2 Å². The van der Waals surface area contributed by atoms with Crippen LogP contribution >= 0.6 is 11.3 Å². The SMILES string of the molecule is O=C(Cc1cccs1)N1CCO[C@H](CCc2cc(=O)[nH]cn2)C1. The molecule has 3 heterocycles. The summed E-state index contributed by atoms with van der Waals surface area (Å²) in [5.41, 5.74) is 0.603. The highest BCUT2D eigenvalue weighted by Gasteiger charge is 2.24. The van der Waals surface area contributed by atoms with Crippen molar-refractivity contribution in [1.82, 2.24) is 14.9 Å². The molecule has 7 heteroatoms. The number of H-pyrrole nitrogens is 1. The van der Waals surface area contributed by atoms with Crippen molar-refractivity contribution in [3.8, 4) is 0 Å². The molecule has 122 valence electrons. The first-order valence-electron chi connectivity index (χ1n) is 7.66. The second kappa shape index (κ2) is 7.52. The standard InChI is InChI=1S/C16H19N3O3S/c20-15-8-12(17-11-18-15)3-4-13-10-19(5-6-22-13)16(21)9-14-2-1-7-23-14/h1-2,7-8,11,13H,3-6,9-10H2,(H,17,18,20)/t13-/m1/s1. The molecule has 1 aliphatic heterocycles. The Morgan fingerprint density at radius 3 is 3.22 bits per heavy atom. The first kappa shape index (κ1) is 15.9. The molecule has 0 aliphatic carbocycles. The van der Waals surface area contributed by atoms with E-state index in [0.717, 1.165) is 17.0 Å². The molecule has 3 rings (SSSR count). The van der Waals surface area contributed by atoms with Crippen LogP contribution in [-0.2, 0) is 22.4 Å². The molecule has 2 aromatic rings. The Kier molecular flexibility index (Phi) is 5.19. The van der Waals surface area contributed by atoms with Gasteiger partial charge in [0, 0.05) is 29.7 Å². The van der Waals surface area contributed by atoms with Gasteiger partial charge in [-0.2, -0.15) is 0 Å². The number of amides is 1. The lowest BCUT2D eigenvalue weighted by atomic mass is 10.1. The lowest BCUT2D eigenvalue weighted by Gasteiger charge is -2.33. The first-order chi connectivity index (χ1) is 11.2. The number of hydrogen-bond donors (Lipinski definition) is 1. The average Bonchev–Trinajstić information content (AvgIpc) is 3.06. The van der Waals surface area contributed by atoms with E-state index in [1.807, 2.05) is 22.4 Å². The Hall–Kier alpha value is -1.99. The third kappa shape index (κ3) is 4.49. The lowest BCUT2D eigenvalue weighted by Crippen LogP contribution is -2.46. The molecule has 0 radical (unpaired) electrons. The number of aryl methyl sites for hydroxylation is 1. The second-order valence-electron chi connectivity index (χ2n) is 5.53. The highest BCUT2D eigenvalue weighted by atomic mass is 32.1. The quantitative estimate of drug-likeness (QED) is 0.893. The minimum atomic E-state index is -0.146. The maximum atomic E-state index is 12.3. The highest BCUT2D eigenvalue weighted by molar-refractivity contribution is 7.10. The van der Waals surface area contributed by atoms with E-state index >= 15 is 0 Å². The predicted octanol–water partition coefficient (Wildman–Crippen LogP) is 1.23. The number of morpholine rings is 1. The van der Waals surface area contributed by atoms with Crippen molar-refractivity contribution in [3.05, 3.63) is 50.8 Å². The van der Waals surface area contributed by atoms with Crippen molar-refractivity contribution in [2.45, 2.75) is 25.4 Å². The molecule has 1 saturated heterocycles. The second-order valence-corrected chi connectivity index (χ2v) is 6.56. The van der Waals surface area contributed by atoms with Crippen LogP contribution in [0.5, 0.6) is 0 Å². The number of aromatic amines is 1. The van der Waals surface area contributed by atoms with Crippen LogP contribution < -0.4 is 5.56 Å². The molecule has 0 spiro atoms. The highest BCUT2D eigenvalue weighted by Crippen LogP contribution is 2.15. The van der Waals surface area contributed by atoms with Crippen LogP contribution in [0.3, 0.4) is 0 Å². The summed E-state index contributed by atoms with van der Waals surface area (Å²) >= 11 is 1.61. The Labute approximate surface area is 138 Å². The van der Waals surface area contributed by atoms with Crippen LogP contribution in [0.2, 0.25) is 0 Å². The smallest absolute Gasteiger partial charge is 0.250 e. The van der Waals surface area contributed by atoms with Gasteiger partial charge >= 0.3 is 0 Å². The summed E-state index contributed by atoms with van der Waals surface area (Å²) in [5.74, 6) is 0.148. The van der Waals surface area contributed by atoms with Gasteiger partial charge in [0.2, 0.25) is 5.91 Å². The van der Waals surface area contributed by atoms with Gasteiger partial charge < -0.3 is 14.6 Å². The normalized spacial score (nSPS) is 18.1. The molecule has 1 N–H and O–H groups in total. The molecule has 0 saturated carbocycles. The fraction of sp³-hybridized carbons (Fsp3) is 0.438. The van der Waals surface area contributed by atoms with E-state index in [1.54, 1.807) is 11.3 Å². The number of hydrogen-bond acceptors (Lipinski definition) is 5. The van der Waals surface area contributed by atoms with Gasteiger partial charge in [0.05, 0.1) is 25.5 Å². The number of carbonyl (C=O) groups is 1. The monoisotopic (exact) mass is 333 g/mol. The number of nitrogens with zero attached hydrogens (tertiary/aromatic N) is 2. The molecule has 2 aromatic heterocycles. The van der Waals surface area contributed by atoms with E-state index in [9.17, 15) is 9.59 Å². The number of carbonyl (C=O) groups excluding carboxylic acids is 1. The third-order valence-corrected chi connectivity index (χ3v) is 4.73. The van der Waals surface area contributed by atoms with Crippen molar-refractivity contribution in [2.24, 2.45) is 0 Å². The average molecular weight is 333 g/mol. The molecule has 6 nitrogen and oxygen atoms in total. The summed E-state index contributed by atoms with van der Waals surface area (Å²) in [6.45, 7) is 1.81. The molecule has 0 aromatic carbocycles. The van der Waals surface area contributed by atoms with Crippen LogP contribution in [0.1, 0.15) is 17.0 Å². The Bertz CT molecular complexity index is 699. The van der Waals surface area contributed by atoms with E-state index in [0.29, 0.717) is 32.5 Å². The predicted molar refractivity (Wildman–Crippen MR) is 87.5 cm³/mol. The molecule has 1 fully saturated rings. The van der Waals surface area contributed by atoms with Crippen molar-refractivity contribution < 1.29 is 9.53 Å². The van der Waals surface area contributed by atoms with Gasteiger partial charge in [0.1, 0.15) is 0 Å². The molecule has 1 amide bonds. The number of thiophene rings is 1. The minimum absolute atomic E-state index is 0.00266. The first-order valence-corrected chi connectivity index (χ1v) is 8.54. The zero-order valence-electron chi connectivity index (χ0n) is 12.7. The van der Waals surface area contributed by atoms with Gasteiger partial charge in [-0.1, -0.05) is 6.07 Å². The van der Waals surface area contributed by atoms with E-state index in [1.165, 1.54) is 12.4 Å². The molecule has 0 bridgehead atoms. The van der Waals surface area contributed by atoms with Gasteiger partial charge in [-0.25, -0.2) is 4.98 Å². The van der Waals surface area contributed by atoms with Crippen molar-refractivity contribution in [2.75, 3.05) is 19.7 Å². The van der Waals surface area contributed by atoms with Crippen molar-refractivity contribution in [1.29, 1.82) is 0 Å². The Balaban J connectivity index is 1.51. The number of ether oxygens (including phenoxy) is 1. The molecular formula is C16H19N3O3S. The van der Waals surface area contributed by atoms with Gasteiger partial charge in [-0.05, 0) is 24.3 Å². The molecule has 1 atom stereocenters. The summed E-state index contributed by atoms with van der Waals surface area (Å²) in [6, 6.07) is 5.45. The van der Waals surface area contributed by atoms with E-state index < -0.39 is 0 Å². The number of rotatable bonds is 5. The third-order valence-electron chi connectivity index (χ3n) is 3.85. The van der Waals surface area contributed by atoms with Crippen molar-refractivity contribution in [3.63, 3.8) is 0 Å². The van der Waals surface area contributed by atoms with Gasteiger partial charge in [-0.15, -0.1) is 11.3 Å². The molecule has 0 unspecified atom stereocenters. The largest absolute Gasteiger partial charge is 0.375 e. The molecule has 23 heavy (non-hydrogen) atoms. The van der Waals surface area contributed by atoms with E-state index in [4.69, 9.17) is 4.74 Å². The zero-order valence-corrected chi connectivity index (χ0v) is 13.6. The summed E-state index contributed by atoms with van der Waals surface area (Å²) in [7, 11) is 0. The van der Waals surface area contributed by atoms with Gasteiger partial charge in [0.15, 0.2) is 0 Å². The maximum absolute atomic E-state index is 12.3. The van der Waals surface area contributed by atoms with Crippen LogP contribution in [0.15, 0.2) is 34.7 Å². The van der Waals surface area contributed by atoms with Crippen LogP contribution in [0.25, 0.3) is 0 Å². The molecule has 1 aliphatic rings. The molecular weight excluding hydrogens is 314 g/mol. The van der Waals surface area contributed by atoms with E-state index in [2.05, 4.69) is 9.97 Å². The zero-order chi connectivity index (χ0) is 16.1. The van der Waals surface area contributed by atoms with Gasteiger partial charge in [-0.3, -0.25) is 9.59 Å². The summed E-state index contributed by atoms with van der Waals surface area (Å²) in [4.78, 5) is 33.2. The van der Waals surface area contributed by atoms with Gasteiger partial charge in [0.25, 0.3) is 5.56 Å². The summed E-state index contributed by atoms with van der Waals surface area (Å²) in [5, 5.41) is 1.99. The van der Waals surface area contributed by atoms with E-state index in [-0.39, 0.29) is 17.6 Å². The fourth-order valence-electron chi connectivity index (χ4n) is 2.65. The van der Waals surface area contributed by atoms with Crippen LogP contribution in [-0.4, -0.2) is 46.6 Å². The maximum Gasteiger partial charge on any atom is 0.250 e. The number of aromatic nitrogens is 2. The Morgan fingerprint density at radius 2 is 2.43 bits per heavy atom. The fourth-order valence-corrected chi connectivity index (χ4v) is 3.35. The lowest BCUT2D eigenvalue weighted by molar-refractivity contribution is -0.138. The Morgan fingerprint density at radius 1 is 1.52 bits per heavy atom.